The molecule has 0 atom stereocenters. The molecule has 2 aromatic rings. The zero-order valence-corrected chi connectivity index (χ0v) is 13.1. The number of nitrogens with two attached hydrogens (primary N) is 1. The van der Waals surface area contributed by atoms with Crippen LogP contribution in [0, 0.1) is 0 Å². The number of nitrogen functional groups attached to an aromatic ring is 1. The van der Waals surface area contributed by atoms with Gasteiger partial charge in [-0.15, -0.1) is 0 Å². The molecule has 5 nitrogen and oxygen atoms in total. The second-order valence-corrected chi connectivity index (χ2v) is 6.73. The monoisotopic (exact) mass is 325 g/mol. The van der Waals surface area contributed by atoms with E-state index in [9.17, 15) is 8.42 Å². The average molecular weight is 326 g/mol. The number of sulfonamides is 1. The van der Waals surface area contributed by atoms with Crippen molar-refractivity contribution in [3.8, 4) is 0 Å². The fourth-order valence-electron chi connectivity index (χ4n) is 1.99. The van der Waals surface area contributed by atoms with E-state index >= 15 is 0 Å². The summed E-state index contributed by atoms with van der Waals surface area (Å²) >= 11 is 6.02. The second-order valence-electron chi connectivity index (χ2n) is 4.44. The van der Waals surface area contributed by atoms with Crippen molar-refractivity contribution in [2.24, 2.45) is 0 Å². The van der Waals surface area contributed by atoms with Crippen LogP contribution in [0.3, 0.4) is 0 Å². The normalized spacial score (nSPS) is 11.8. The molecule has 1 aromatic heterocycles. The molecule has 0 fully saturated rings. The molecule has 112 valence electrons. The topological polar surface area (TPSA) is 76.3 Å². The molecule has 21 heavy (non-hydrogen) atoms. The molecule has 1 aromatic carbocycles. The van der Waals surface area contributed by atoms with Gasteiger partial charge in [0.2, 0.25) is 10.0 Å². The lowest BCUT2D eigenvalue weighted by Crippen LogP contribution is -2.31. The van der Waals surface area contributed by atoms with Crippen molar-refractivity contribution < 1.29 is 8.42 Å². The Morgan fingerprint density at radius 1 is 1.24 bits per heavy atom. The van der Waals surface area contributed by atoms with Crippen molar-refractivity contribution in [3.63, 3.8) is 0 Å². The Labute approximate surface area is 129 Å². The number of aromatic nitrogens is 1. The molecule has 0 saturated heterocycles. The minimum Gasteiger partial charge on any atom is -0.398 e. The van der Waals surface area contributed by atoms with Gasteiger partial charge in [-0.1, -0.05) is 24.6 Å². The van der Waals surface area contributed by atoms with Gasteiger partial charge >= 0.3 is 0 Å². The number of benzene rings is 1. The first kappa shape index (κ1) is 15.8. The Kier molecular flexibility index (Phi) is 4.82. The van der Waals surface area contributed by atoms with Crippen LogP contribution in [-0.2, 0) is 16.6 Å². The zero-order chi connectivity index (χ0) is 15.5. The highest BCUT2D eigenvalue weighted by molar-refractivity contribution is 7.89. The maximum atomic E-state index is 12.8. The van der Waals surface area contributed by atoms with Crippen LogP contribution in [0.2, 0.25) is 5.02 Å². The Hall–Kier alpha value is -1.63. The Bertz CT molecular complexity index is 700. The van der Waals surface area contributed by atoms with E-state index in [1.807, 2.05) is 0 Å². The number of hydrogen-bond donors (Lipinski definition) is 1. The lowest BCUT2D eigenvalue weighted by molar-refractivity contribution is 0.423. The van der Waals surface area contributed by atoms with Crippen LogP contribution in [0.25, 0.3) is 0 Å². The predicted molar refractivity (Wildman–Crippen MR) is 83.4 cm³/mol. The summed E-state index contributed by atoms with van der Waals surface area (Å²) in [6, 6.07) is 8.21. The summed E-state index contributed by atoms with van der Waals surface area (Å²) in [5, 5.41) is 0.128. The van der Waals surface area contributed by atoms with Gasteiger partial charge in [-0.25, -0.2) is 8.42 Å². The third kappa shape index (κ3) is 3.34. The molecule has 2 N–H and O–H groups in total. The van der Waals surface area contributed by atoms with Crippen molar-refractivity contribution in [2.75, 3.05) is 12.3 Å². The number of halogens is 1. The molecule has 0 amide bonds. The largest absolute Gasteiger partial charge is 0.398 e. The van der Waals surface area contributed by atoms with E-state index in [0.29, 0.717) is 6.54 Å². The third-order valence-corrected chi connectivity index (χ3v) is 5.52. The minimum atomic E-state index is -3.75. The highest BCUT2D eigenvalue weighted by Crippen LogP contribution is 2.30. The van der Waals surface area contributed by atoms with Gasteiger partial charge in [0.15, 0.2) is 0 Å². The molecular formula is C14H16ClN3O2S. The Balaban J connectivity index is 2.41. The van der Waals surface area contributed by atoms with Gasteiger partial charge in [0, 0.05) is 25.5 Å². The summed E-state index contributed by atoms with van der Waals surface area (Å²) in [5.41, 5.74) is 6.79. The third-order valence-electron chi connectivity index (χ3n) is 3.06. The zero-order valence-electron chi connectivity index (χ0n) is 11.5. The molecular weight excluding hydrogens is 310 g/mol. The summed E-state index contributed by atoms with van der Waals surface area (Å²) in [6.07, 6.45) is 3.25. The van der Waals surface area contributed by atoms with E-state index in [0.717, 1.165) is 5.56 Å². The summed E-state index contributed by atoms with van der Waals surface area (Å²) in [5.74, 6) is 0. The lowest BCUT2D eigenvalue weighted by Gasteiger charge is -2.22. The quantitative estimate of drug-likeness (QED) is 0.857. The molecule has 7 heteroatoms. The lowest BCUT2D eigenvalue weighted by atomic mass is 10.3. The van der Waals surface area contributed by atoms with E-state index in [2.05, 4.69) is 4.98 Å². The van der Waals surface area contributed by atoms with Gasteiger partial charge in [0.25, 0.3) is 0 Å². The van der Waals surface area contributed by atoms with E-state index in [1.165, 1.54) is 16.4 Å². The van der Waals surface area contributed by atoms with Crippen LogP contribution in [0.5, 0.6) is 0 Å². The molecule has 2 rings (SSSR count). The molecule has 0 spiro atoms. The van der Waals surface area contributed by atoms with Gasteiger partial charge < -0.3 is 5.73 Å². The Morgan fingerprint density at radius 3 is 2.48 bits per heavy atom. The second kappa shape index (κ2) is 6.43. The van der Waals surface area contributed by atoms with Crippen molar-refractivity contribution in [1.29, 1.82) is 0 Å². The predicted octanol–water partition coefficient (Wildman–Crippen LogP) is 2.53. The van der Waals surface area contributed by atoms with Gasteiger partial charge in [-0.3, -0.25) is 4.98 Å². The van der Waals surface area contributed by atoms with Crippen molar-refractivity contribution in [1.82, 2.24) is 9.29 Å². The van der Waals surface area contributed by atoms with Crippen LogP contribution < -0.4 is 5.73 Å². The summed E-state index contributed by atoms with van der Waals surface area (Å²) in [6.45, 7) is 2.33. The van der Waals surface area contributed by atoms with Crippen LogP contribution in [0.1, 0.15) is 12.5 Å². The summed E-state index contributed by atoms with van der Waals surface area (Å²) in [4.78, 5) is 3.88. The first-order valence-corrected chi connectivity index (χ1v) is 8.21. The van der Waals surface area contributed by atoms with Gasteiger partial charge in [0.05, 0.1) is 10.7 Å². The van der Waals surface area contributed by atoms with Crippen molar-refractivity contribution >= 4 is 27.3 Å². The fourth-order valence-corrected chi connectivity index (χ4v) is 4.06. The SMILES string of the molecule is CCN(Cc1ccncc1)S(=O)(=O)c1c(N)cccc1Cl. The highest BCUT2D eigenvalue weighted by atomic mass is 35.5. The molecule has 1 heterocycles. The molecule has 0 aliphatic heterocycles. The standard InChI is InChI=1S/C14H16ClN3O2S/c1-2-18(10-11-6-8-17-9-7-11)21(19,20)14-12(15)4-3-5-13(14)16/h3-9H,2,10,16H2,1H3. The van der Waals surface area contributed by atoms with E-state index in [1.54, 1.807) is 37.5 Å². The molecule has 0 saturated carbocycles. The summed E-state index contributed by atoms with van der Waals surface area (Å²) < 4.78 is 26.8. The summed E-state index contributed by atoms with van der Waals surface area (Å²) in [7, 11) is -3.75. The van der Waals surface area contributed by atoms with Gasteiger partial charge in [-0.05, 0) is 29.8 Å². The first-order chi connectivity index (χ1) is 9.96. The van der Waals surface area contributed by atoms with E-state index in [4.69, 9.17) is 17.3 Å². The minimum absolute atomic E-state index is 0.0393. The molecule has 0 radical (unpaired) electrons. The highest BCUT2D eigenvalue weighted by Gasteiger charge is 2.27. The van der Waals surface area contributed by atoms with E-state index in [-0.39, 0.29) is 22.2 Å². The maximum absolute atomic E-state index is 12.8. The van der Waals surface area contributed by atoms with Gasteiger partial charge in [0.1, 0.15) is 4.90 Å². The molecule has 0 aliphatic rings. The molecule has 0 bridgehead atoms. The van der Waals surface area contributed by atoms with Gasteiger partial charge in [-0.2, -0.15) is 4.31 Å². The van der Waals surface area contributed by atoms with Crippen molar-refractivity contribution in [2.45, 2.75) is 18.4 Å². The molecule has 0 unspecified atom stereocenters. The Morgan fingerprint density at radius 2 is 1.90 bits per heavy atom. The number of rotatable bonds is 5. The number of pyridine rings is 1. The van der Waals surface area contributed by atoms with Crippen LogP contribution in [-0.4, -0.2) is 24.3 Å². The van der Waals surface area contributed by atoms with Crippen LogP contribution >= 0.6 is 11.6 Å². The van der Waals surface area contributed by atoms with Crippen molar-refractivity contribution in [3.05, 3.63) is 53.3 Å². The van der Waals surface area contributed by atoms with E-state index < -0.39 is 10.0 Å². The van der Waals surface area contributed by atoms with Crippen LogP contribution in [0.4, 0.5) is 5.69 Å². The number of hydrogen-bond acceptors (Lipinski definition) is 4. The maximum Gasteiger partial charge on any atom is 0.246 e. The van der Waals surface area contributed by atoms with Crippen LogP contribution in [0.15, 0.2) is 47.6 Å². The number of nitrogens with zero attached hydrogens (tertiary/aromatic N) is 2. The first-order valence-electron chi connectivity index (χ1n) is 6.40. The average Bonchev–Trinajstić information content (AvgIpc) is 2.45. The fraction of sp³-hybridized carbons (Fsp3) is 0.214. The smallest absolute Gasteiger partial charge is 0.246 e. The number of anilines is 1. The molecule has 0 aliphatic carbocycles.